The van der Waals surface area contributed by atoms with Crippen molar-refractivity contribution in [2.24, 2.45) is 0 Å². The van der Waals surface area contributed by atoms with Crippen LogP contribution in [0.2, 0.25) is 0 Å². The van der Waals surface area contributed by atoms with Crippen LogP contribution in [0.15, 0.2) is 114 Å². The molecule has 1 unspecified atom stereocenters. The third-order valence-electron chi connectivity index (χ3n) is 6.80. The number of thioether (sulfide) groups is 1. The number of anilines is 2. The number of hydrogen-bond donors (Lipinski definition) is 2. The van der Waals surface area contributed by atoms with Gasteiger partial charge in [-0.2, -0.15) is 0 Å². The number of imide groups is 1. The molecule has 232 valence electrons. The molecule has 9 nitrogen and oxygen atoms in total. The highest BCUT2D eigenvalue weighted by Gasteiger charge is 2.40. The van der Waals surface area contributed by atoms with E-state index in [2.05, 4.69) is 10.6 Å². The van der Waals surface area contributed by atoms with Gasteiger partial charge in [-0.15, -0.1) is 11.8 Å². The zero-order chi connectivity index (χ0) is 32.6. The van der Waals surface area contributed by atoms with Crippen LogP contribution in [0.3, 0.4) is 0 Å². The van der Waals surface area contributed by atoms with Gasteiger partial charge in [0.2, 0.25) is 11.8 Å². The van der Waals surface area contributed by atoms with Crippen molar-refractivity contribution in [3.05, 3.63) is 131 Å². The molecule has 11 heteroatoms. The molecule has 1 saturated heterocycles. The summed E-state index contributed by atoms with van der Waals surface area (Å²) in [4.78, 5) is 66.0. The molecule has 0 aliphatic carbocycles. The van der Waals surface area contributed by atoms with Gasteiger partial charge in [-0.25, -0.2) is 14.1 Å². The number of ether oxygens (including phenoxy) is 1. The third-order valence-corrected chi connectivity index (χ3v) is 7.98. The normalized spacial score (nSPS) is 14.6. The second-order valence-corrected chi connectivity index (χ2v) is 11.3. The van der Waals surface area contributed by atoms with Crippen LogP contribution in [0.5, 0.6) is 0 Å². The van der Waals surface area contributed by atoms with E-state index in [0.717, 1.165) is 4.90 Å². The van der Waals surface area contributed by atoms with E-state index in [1.807, 2.05) is 0 Å². The molecule has 0 radical (unpaired) electrons. The van der Waals surface area contributed by atoms with E-state index in [-0.39, 0.29) is 24.6 Å². The lowest BCUT2D eigenvalue weighted by atomic mass is 10.1. The minimum atomic E-state index is -0.711. The summed E-state index contributed by atoms with van der Waals surface area (Å²) in [6, 6.07) is 26.7. The monoisotopic (exact) mass is 637 g/mol. The first kappa shape index (κ1) is 31.9. The van der Waals surface area contributed by atoms with Crippen LogP contribution in [-0.2, 0) is 19.1 Å². The number of esters is 1. The summed E-state index contributed by atoms with van der Waals surface area (Å²) in [5.41, 5.74) is 1.62. The first-order chi connectivity index (χ1) is 22.2. The average Bonchev–Trinajstić information content (AvgIpc) is 3.33. The second-order valence-electron chi connectivity index (χ2n) is 10.1. The third kappa shape index (κ3) is 7.74. The molecule has 4 aromatic rings. The standard InChI is InChI=1S/C35H28FN3O6S/c1-2-45-35(44)24-14-16-27(17-15-24)39-31(40)21-30(34(39)43)46-28-13-7-12-26(20-28)37-33(42)29(19-22-8-6-11-25(36)18-22)38-32(41)23-9-4-3-5-10-23/h3-20,30H,2,21H2,1H3,(H,37,42)(H,38,41). The fourth-order valence-corrected chi connectivity index (χ4v) is 5.76. The fourth-order valence-electron chi connectivity index (χ4n) is 4.64. The Balaban J connectivity index is 1.30. The Kier molecular flexibility index (Phi) is 10.0. The van der Waals surface area contributed by atoms with Crippen LogP contribution in [-0.4, -0.2) is 41.5 Å². The number of carbonyl (C=O) groups is 5. The van der Waals surface area contributed by atoms with Crippen LogP contribution in [0, 0.1) is 5.82 Å². The van der Waals surface area contributed by atoms with E-state index in [1.165, 1.54) is 60.3 Å². The highest BCUT2D eigenvalue weighted by molar-refractivity contribution is 8.00. The maximum Gasteiger partial charge on any atom is 0.338 e. The molecule has 1 fully saturated rings. The van der Waals surface area contributed by atoms with Crippen molar-refractivity contribution in [2.45, 2.75) is 23.5 Å². The molecule has 1 aliphatic heterocycles. The summed E-state index contributed by atoms with van der Waals surface area (Å²) >= 11 is 1.17. The fraction of sp³-hybridized carbons (Fsp3) is 0.114. The van der Waals surface area contributed by atoms with Gasteiger partial charge in [0, 0.05) is 22.6 Å². The Labute approximate surface area is 268 Å². The number of rotatable bonds is 10. The smallest absolute Gasteiger partial charge is 0.338 e. The summed E-state index contributed by atoms with van der Waals surface area (Å²) in [6.45, 7) is 1.93. The molecule has 1 aliphatic rings. The molecule has 1 heterocycles. The van der Waals surface area contributed by atoms with E-state index in [4.69, 9.17) is 4.74 Å². The maximum absolute atomic E-state index is 13.9. The molecular weight excluding hydrogens is 609 g/mol. The predicted octanol–water partition coefficient (Wildman–Crippen LogP) is 5.84. The van der Waals surface area contributed by atoms with Gasteiger partial charge in [0.25, 0.3) is 11.8 Å². The number of nitrogens with one attached hydrogen (secondary N) is 2. The predicted molar refractivity (Wildman–Crippen MR) is 173 cm³/mol. The van der Waals surface area contributed by atoms with Crippen LogP contribution < -0.4 is 15.5 Å². The van der Waals surface area contributed by atoms with Crippen LogP contribution >= 0.6 is 11.8 Å². The van der Waals surface area contributed by atoms with Crippen LogP contribution in [0.1, 0.15) is 39.6 Å². The van der Waals surface area contributed by atoms with Gasteiger partial charge in [0.1, 0.15) is 11.5 Å². The quantitative estimate of drug-likeness (QED) is 0.127. The van der Waals surface area contributed by atoms with Crippen molar-refractivity contribution in [1.82, 2.24) is 5.32 Å². The molecule has 4 aromatic carbocycles. The first-order valence-corrected chi connectivity index (χ1v) is 15.2. The Morgan fingerprint density at radius 1 is 0.913 bits per heavy atom. The van der Waals surface area contributed by atoms with E-state index in [0.29, 0.717) is 33.0 Å². The summed E-state index contributed by atoms with van der Waals surface area (Å²) in [6.07, 6.45) is 1.33. The molecule has 0 saturated carbocycles. The molecule has 0 spiro atoms. The van der Waals surface area contributed by atoms with E-state index >= 15 is 0 Å². The Morgan fingerprint density at radius 3 is 2.37 bits per heavy atom. The minimum Gasteiger partial charge on any atom is -0.462 e. The number of carbonyl (C=O) groups excluding carboxylic acids is 5. The average molecular weight is 638 g/mol. The number of hydrogen-bond acceptors (Lipinski definition) is 7. The molecule has 5 rings (SSSR count). The Bertz CT molecular complexity index is 1830. The first-order valence-electron chi connectivity index (χ1n) is 14.3. The van der Waals surface area contributed by atoms with Crippen molar-refractivity contribution in [3.8, 4) is 0 Å². The summed E-state index contributed by atoms with van der Waals surface area (Å²) in [7, 11) is 0. The van der Waals surface area contributed by atoms with Gasteiger partial charge < -0.3 is 15.4 Å². The number of benzene rings is 4. The Hall–Kier alpha value is -5.55. The van der Waals surface area contributed by atoms with Gasteiger partial charge in [0.15, 0.2) is 0 Å². The second kappa shape index (κ2) is 14.5. The molecule has 1 atom stereocenters. The van der Waals surface area contributed by atoms with Crippen molar-refractivity contribution in [2.75, 3.05) is 16.8 Å². The molecule has 46 heavy (non-hydrogen) atoms. The number of nitrogens with zero attached hydrogens (tertiary/aromatic N) is 1. The zero-order valence-electron chi connectivity index (χ0n) is 24.6. The van der Waals surface area contributed by atoms with E-state index < -0.39 is 34.8 Å². The van der Waals surface area contributed by atoms with Gasteiger partial charge in [-0.1, -0.05) is 36.4 Å². The number of amides is 4. The highest BCUT2D eigenvalue weighted by atomic mass is 32.2. The maximum atomic E-state index is 13.9. The van der Waals surface area contributed by atoms with Crippen molar-refractivity contribution >= 4 is 58.8 Å². The lowest BCUT2D eigenvalue weighted by molar-refractivity contribution is -0.121. The molecular formula is C35H28FN3O6S. The molecule has 0 bridgehead atoms. The molecule has 4 amide bonds. The number of halogens is 1. The highest BCUT2D eigenvalue weighted by Crippen LogP contribution is 2.35. The van der Waals surface area contributed by atoms with Crippen molar-refractivity contribution in [3.63, 3.8) is 0 Å². The summed E-state index contributed by atoms with van der Waals surface area (Å²) in [5.74, 6) is -2.95. The van der Waals surface area contributed by atoms with Crippen LogP contribution in [0.4, 0.5) is 15.8 Å². The summed E-state index contributed by atoms with van der Waals surface area (Å²) < 4.78 is 18.8. The minimum absolute atomic E-state index is 0.0360. The van der Waals surface area contributed by atoms with Crippen LogP contribution in [0.25, 0.3) is 6.08 Å². The van der Waals surface area contributed by atoms with Gasteiger partial charge in [-0.05, 0) is 85.3 Å². The largest absolute Gasteiger partial charge is 0.462 e. The van der Waals surface area contributed by atoms with Crippen molar-refractivity contribution in [1.29, 1.82) is 0 Å². The van der Waals surface area contributed by atoms with E-state index in [1.54, 1.807) is 67.6 Å². The zero-order valence-corrected chi connectivity index (χ0v) is 25.4. The SMILES string of the molecule is CCOC(=O)c1ccc(N2C(=O)CC(Sc3cccc(NC(=O)C(=Cc4cccc(F)c4)NC(=O)c4ccccc4)c3)C2=O)cc1. The van der Waals surface area contributed by atoms with Gasteiger partial charge >= 0.3 is 5.97 Å². The van der Waals surface area contributed by atoms with Crippen molar-refractivity contribution < 1.29 is 33.1 Å². The summed E-state index contributed by atoms with van der Waals surface area (Å²) in [5, 5.41) is 4.65. The lowest BCUT2D eigenvalue weighted by Crippen LogP contribution is -2.31. The van der Waals surface area contributed by atoms with Gasteiger partial charge in [-0.3, -0.25) is 19.2 Å². The topological polar surface area (TPSA) is 122 Å². The lowest BCUT2D eigenvalue weighted by Gasteiger charge is -2.15. The Morgan fingerprint density at radius 2 is 1.65 bits per heavy atom. The van der Waals surface area contributed by atoms with E-state index in [9.17, 15) is 28.4 Å². The van der Waals surface area contributed by atoms with Gasteiger partial charge in [0.05, 0.1) is 23.1 Å². The molecule has 2 N–H and O–H groups in total. The molecule has 0 aromatic heterocycles.